The summed E-state index contributed by atoms with van der Waals surface area (Å²) in [6.45, 7) is 6.84. The molecule has 5 nitrogen and oxygen atoms in total. The second-order valence-corrected chi connectivity index (χ2v) is 5.23. The van der Waals surface area contributed by atoms with Gasteiger partial charge >= 0.3 is 5.97 Å². The Balaban J connectivity index is 2.57. The van der Waals surface area contributed by atoms with Gasteiger partial charge in [-0.2, -0.15) is 0 Å². The summed E-state index contributed by atoms with van der Waals surface area (Å²) in [6, 6.07) is -0.254. The molecule has 1 aliphatic rings. The van der Waals surface area contributed by atoms with Crippen LogP contribution in [0, 0.1) is 5.92 Å². The molecule has 0 aromatic heterocycles. The van der Waals surface area contributed by atoms with Gasteiger partial charge in [0.2, 0.25) is 0 Å². The Morgan fingerprint density at radius 1 is 1.47 bits per heavy atom. The average Bonchev–Trinajstić information content (AvgIpc) is 2.38. The first-order valence-electron chi connectivity index (χ1n) is 7.14. The molecule has 1 rings (SSSR count). The van der Waals surface area contributed by atoms with E-state index in [1.807, 2.05) is 6.92 Å². The molecule has 0 aromatic rings. The SMILES string of the molecule is CCCCOC(C)C(=O)N1CCC[C@H](C(=O)O)[C@@H]1C. The van der Waals surface area contributed by atoms with Gasteiger partial charge in [0, 0.05) is 19.2 Å². The van der Waals surface area contributed by atoms with E-state index in [1.54, 1.807) is 11.8 Å². The molecule has 1 fully saturated rings. The van der Waals surface area contributed by atoms with Gasteiger partial charge in [0.05, 0.1) is 5.92 Å². The summed E-state index contributed by atoms with van der Waals surface area (Å²) < 4.78 is 5.50. The average molecular weight is 271 g/mol. The van der Waals surface area contributed by atoms with Crippen molar-refractivity contribution in [3.63, 3.8) is 0 Å². The summed E-state index contributed by atoms with van der Waals surface area (Å²) in [5.41, 5.74) is 0. The molecule has 0 aliphatic carbocycles. The Kier molecular flexibility index (Phi) is 6.28. The van der Waals surface area contributed by atoms with Crippen LogP contribution in [0.15, 0.2) is 0 Å². The van der Waals surface area contributed by atoms with Crippen molar-refractivity contribution >= 4 is 11.9 Å². The number of aliphatic carboxylic acids is 1. The number of piperidine rings is 1. The van der Waals surface area contributed by atoms with E-state index in [2.05, 4.69) is 6.92 Å². The Morgan fingerprint density at radius 3 is 2.74 bits per heavy atom. The molecule has 5 heteroatoms. The van der Waals surface area contributed by atoms with Gasteiger partial charge in [-0.3, -0.25) is 9.59 Å². The molecule has 19 heavy (non-hydrogen) atoms. The fourth-order valence-corrected chi connectivity index (χ4v) is 2.49. The molecular formula is C14H25NO4. The van der Waals surface area contributed by atoms with Crippen LogP contribution in [-0.4, -0.2) is 47.2 Å². The van der Waals surface area contributed by atoms with Gasteiger partial charge < -0.3 is 14.7 Å². The molecule has 1 saturated heterocycles. The minimum atomic E-state index is -0.815. The molecule has 1 N–H and O–H groups in total. The highest BCUT2D eigenvalue weighted by atomic mass is 16.5. The van der Waals surface area contributed by atoms with Gasteiger partial charge in [-0.25, -0.2) is 0 Å². The van der Waals surface area contributed by atoms with Gasteiger partial charge in [0.1, 0.15) is 6.10 Å². The second-order valence-electron chi connectivity index (χ2n) is 5.23. The number of ether oxygens (including phenoxy) is 1. The number of hydrogen-bond acceptors (Lipinski definition) is 3. The van der Waals surface area contributed by atoms with E-state index in [0.717, 1.165) is 19.3 Å². The number of hydrogen-bond donors (Lipinski definition) is 1. The summed E-state index contributed by atoms with van der Waals surface area (Å²) in [5.74, 6) is -1.36. The molecule has 1 aliphatic heterocycles. The molecule has 0 saturated carbocycles. The minimum absolute atomic E-state index is 0.0884. The fourth-order valence-electron chi connectivity index (χ4n) is 2.49. The van der Waals surface area contributed by atoms with E-state index >= 15 is 0 Å². The number of carboxylic acids is 1. The molecule has 0 radical (unpaired) electrons. The van der Waals surface area contributed by atoms with Crippen molar-refractivity contribution in [2.75, 3.05) is 13.2 Å². The molecule has 110 valence electrons. The van der Waals surface area contributed by atoms with Crippen LogP contribution in [0.2, 0.25) is 0 Å². The van der Waals surface area contributed by atoms with Crippen molar-refractivity contribution in [2.45, 2.75) is 58.6 Å². The largest absolute Gasteiger partial charge is 0.481 e. The molecule has 1 heterocycles. The van der Waals surface area contributed by atoms with E-state index in [-0.39, 0.29) is 11.9 Å². The predicted molar refractivity (Wildman–Crippen MR) is 71.9 cm³/mol. The number of unbranched alkanes of at least 4 members (excludes halogenated alkanes) is 1. The number of carbonyl (C=O) groups is 2. The predicted octanol–water partition coefficient (Wildman–Crippen LogP) is 1.90. The number of rotatable bonds is 6. The van der Waals surface area contributed by atoms with Crippen LogP contribution in [0.1, 0.15) is 46.5 Å². The van der Waals surface area contributed by atoms with Crippen LogP contribution in [-0.2, 0) is 14.3 Å². The first-order valence-corrected chi connectivity index (χ1v) is 7.14. The van der Waals surface area contributed by atoms with E-state index < -0.39 is 18.0 Å². The van der Waals surface area contributed by atoms with Crippen molar-refractivity contribution in [2.24, 2.45) is 5.92 Å². The highest BCUT2D eigenvalue weighted by molar-refractivity contribution is 5.82. The maximum Gasteiger partial charge on any atom is 0.308 e. The van der Waals surface area contributed by atoms with Gasteiger partial charge in [-0.05, 0) is 33.1 Å². The lowest BCUT2D eigenvalue weighted by molar-refractivity contribution is -0.154. The second kappa shape index (κ2) is 7.48. The molecule has 3 atom stereocenters. The van der Waals surface area contributed by atoms with Crippen LogP contribution in [0.5, 0.6) is 0 Å². The van der Waals surface area contributed by atoms with Crippen molar-refractivity contribution in [3.8, 4) is 0 Å². The molecular weight excluding hydrogens is 246 g/mol. The summed E-state index contributed by atoms with van der Waals surface area (Å²) in [5, 5.41) is 9.15. The molecule has 0 bridgehead atoms. The normalized spacial score (nSPS) is 25.1. The number of likely N-dealkylation sites (tertiary alicyclic amines) is 1. The zero-order chi connectivity index (χ0) is 14.4. The maximum absolute atomic E-state index is 12.3. The highest BCUT2D eigenvalue weighted by Gasteiger charge is 2.36. The lowest BCUT2D eigenvalue weighted by atomic mass is 9.90. The molecule has 1 unspecified atom stereocenters. The zero-order valence-corrected chi connectivity index (χ0v) is 12.1. The first kappa shape index (κ1) is 16.0. The molecule has 0 aromatic carbocycles. The third kappa shape index (κ3) is 4.20. The van der Waals surface area contributed by atoms with Crippen molar-refractivity contribution in [1.82, 2.24) is 4.90 Å². The Bertz CT molecular complexity index is 319. The first-order chi connectivity index (χ1) is 8.99. The van der Waals surface area contributed by atoms with Crippen LogP contribution >= 0.6 is 0 Å². The lowest BCUT2D eigenvalue weighted by Crippen LogP contribution is -2.52. The van der Waals surface area contributed by atoms with E-state index in [0.29, 0.717) is 19.6 Å². The van der Waals surface area contributed by atoms with E-state index in [9.17, 15) is 9.59 Å². The smallest absolute Gasteiger partial charge is 0.308 e. The Morgan fingerprint density at radius 2 is 2.16 bits per heavy atom. The highest BCUT2D eigenvalue weighted by Crippen LogP contribution is 2.24. The summed E-state index contributed by atoms with van der Waals surface area (Å²) in [4.78, 5) is 25.1. The summed E-state index contributed by atoms with van der Waals surface area (Å²) >= 11 is 0. The van der Waals surface area contributed by atoms with Crippen molar-refractivity contribution in [3.05, 3.63) is 0 Å². The minimum Gasteiger partial charge on any atom is -0.481 e. The number of nitrogens with zero attached hydrogens (tertiary/aromatic N) is 1. The maximum atomic E-state index is 12.3. The Hall–Kier alpha value is -1.10. The molecule has 1 amide bonds. The van der Waals surface area contributed by atoms with Crippen molar-refractivity contribution in [1.29, 1.82) is 0 Å². The third-order valence-electron chi connectivity index (χ3n) is 3.80. The number of carboxylic acid groups (broad SMARTS) is 1. The summed E-state index contributed by atoms with van der Waals surface area (Å²) in [6.07, 6.45) is 2.87. The summed E-state index contributed by atoms with van der Waals surface area (Å²) in [7, 11) is 0. The van der Waals surface area contributed by atoms with Gasteiger partial charge in [0.25, 0.3) is 5.91 Å². The fraction of sp³-hybridized carbons (Fsp3) is 0.857. The van der Waals surface area contributed by atoms with Crippen molar-refractivity contribution < 1.29 is 19.4 Å². The number of carbonyl (C=O) groups excluding carboxylic acids is 1. The van der Waals surface area contributed by atoms with Gasteiger partial charge in [0.15, 0.2) is 0 Å². The topological polar surface area (TPSA) is 66.8 Å². The quantitative estimate of drug-likeness (QED) is 0.749. The van der Waals surface area contributed by atoms with Crippen LogP contribution in [0.25, 0.3) is 0 Å². The van der Waals surface area contributed by atoms with Crippen LogP contribution < -0.4 is 0 Å². The Labute approximate surface area is 114 Å². The standard InChI is InChI=1S/C14H25NO4/c1-4-5-9-19-11(3)13(16)15-8-6-7-12(10(15)2)14(17)18/h10-12H,4-9H2,1-3H3,(H,17,18)/t10-,11?,12-/m0/s1. The zero-order valence-electron chi connectivity index (χ0n) is 12.1. The third-order valence-corrected chi connectivity index (χ3v) is 3.80. The van der Waals surface area contributed by atoms with Crippen LogP contribution in [0.3, 0.4) is 0 Å². The van der Waals surface area contributed by atoms with E-state index in [4.69, 9.17) is 9.84 Å². The van der Waals surface area contributed by atoms with E-state index in [1.165, 1.54) is 0 Å². The number of amides is 1. The lowest BCUT2D eigenvalue weighted by Gasteiger charge is -2.38. The monoisotopic (exact) mass is 271 g/mol. The van der Waals surface area contributed by atoms with Crippen LogP contribution in [0.4, 0.5) is 0 Å². The molecule has 0 spiro atoms. The van der Waals surface area contributed by atoms with Gasteiger partial charge in [-0.1, -0.05) is 13.3 Å². The van der Waals surface area contributed by atoms with Gasteiger partial charge in [-0.15, -0.1) is 0 Å².